The summed E-state index contributed by atoms with van der Waals surface area (Å²) >= 11 is 0. The summed E-state index contributed by atoms with van der Waals surface area (Å²) in [6.07, 6.45) is 3.19. The number of fused-ring (bicyclic) bond motifs is 1. The topological polar surface area (TPSA) is 83.6 Å². The standard InChI is InChI=1S/C13H14F3N3O.C9H10N2/c1-8(18-12(20)13(2,15)16)7-19-11-4-3-10(14)5-9(11)6-17-19;1-9(2,7-10)8-5-3-4-6-11-8/h3-6,8H,7H2,1-2H3,(H,18,20);3-6H,1-2H3. The van der Waals surface area contributed by atoms with E-state index in [1.807, 2.05) is 32.0 Å². The monoisotopic (exact) mass is 431 g/mol. The molecule has 0 radical (unpaired) electrons. The minimum atomic E-state index is -3.41. The number of nitriles is 1. The number of pyridine rings is 1. The van der Waals surface area contributed by atoms with E-state index >= 15 is 0 Å². The van der Waals surface area contributed by atoms with Crippen LogP contribution >= 0.6 is 0 Å². The number of aromatic nitrogens is 3. The molecule has 1 amide bonds. The van der Waals surface area contributed by atoms with Gasteiger partial charge in [-0.3, -0.25) is 14.5 Å². The van der Waals surface area contributed by atoms with E-state index in [0.29, 0.717) is 17.8 Å². The third-order valence-electron chi connectivity index (χ3n) is 4.41. The van der Waals surface area contributed by atoms with Gasteiger partial charge in [-0.25, -0.2) is 4.39 Å². The Kier molecular flexibility index (Phi) is 7.39. The molecule has 0 aliphatic carbocycles. The third kappa shape index (κ3) is 6.54. The zero-order valence-electron chi connectivity index (χ0n) is 17.7. The van der Waals surface area contributed by atoms with Crippen molar-refractivity contribution in [2.24, 2.45) is 0 Å². The van der Waals surface area contributed by atoms with Crippen molar-refractivity contribution in [3.05, 3.63) is 60.3 Å². The lowest BCUT2D eigenvalue weighted by atomic mass is 9.91. The SMILES string of the molecule is CC(C)(C#N)c1ccccn1.CC(Cn1ncc2cc(F)ccc21)NC(=O)C(C)(F)F. The lowest BCUT2D eigenvalue weighted by Gasteiger charge is -2.17. The molecule has 3 aromatic rings. The van der Waals surface area contributed by atoms with Gasteiger partial charge in [-0.1, -0.05) is 6.07 Å². The Morgan fingerprint density at radius 3 is 2.55 bits per heavy atom. The third-order valence-corrected chi connectivity index (χ3v) is 4.41. The van der Waals surface area contributed by atoms with Gasteiger partial charge < -0.3 is 5.32 Å². The molecule has 9 heteroatoms. The van der Waals surface area contributed by atoms with Crippen molar-refractivity contribution in [3.8, 4) is 6.07 Å². The van der Waals surface area contributed by atoms with Gasteiger partial charge in [0.15, 0.2) is 0 Å². The maximum atomic E-state index is 13.0. The smallest absolute Gasteiger partial charge is 0.321 e. The molecule has 1 aromatic carbocycles. The van der Waals surface area contributed by atoms with E-state index < -0.39 is 23.3 Å². The zero-order valence-corrected chi connectivity index (χ0v) is 17.7. The van der Waals surface area contributed by atoms with Crippen molar-refractivity contribution in [1.82, 2.24) is 20.1 Å². The average Bonchev–Trinajstić information content (AvgIpc) is 3.10. The fourth-order valence-electron chi connectivity index (χ4n) is 2.65. The van der Waals surface area contributed by atoms with Crippen LogP contribution in [0.4, 0.5) is 13.2 Å². The summed E-state index contributed by atoms with van der Waals surface area (Å²) in [4.78, 5) is 15.3. The van der Waals surface area contributed by atoms with Gasteiger partial charge in [-0.2, -0.15) is 19.1 Å². The normalized spacial score (nSPS) is 12.5. The van der Waals surface area contributed by atoms with Gasteiger partial charge in [0.25, 0.3) is 5.91 Å². The van der Waals surface area contributed by atoms with Crippen molar-refractivity contribution in [2.75, 3.05) is 0 Å². The van der Waals surface area contributed by atoms with Crippen LogP contribution in [0, 0.1) is 17.1 Å². The number of rotatable bonds is 5. The maximum Gasteiger partial charge on any atom is 0.321 e. The predicted octanol–water partition coefficient (Wildman–Crippen LogP) is 4.22. The Morgan fingerprint density at radius 2 is 1.97 bits per heavy atom. The van der Waals surface area contributed by atoms with Crippen LogP contribution in [0.2, 0.25) is 0 Å². The second-order valence-electron chi connectivity index (χ2n) is 7.74. The van der Waals surface area contributed by atoms with Gasteiger partial charge >= 0.3 is 5.92 Å². The van der Waals surface area contributed by atoms with Crippen LogP contribution < -0.4 is 5.32 Å². The Labute approximate surface area is 178 Å². The number of halogens is 3. The van der Waals surface area contributed by atoms with E-state index in [1.165, 1.54) is 23.0 Å². The molecule has 2 heterocycles. The molecule has 0 bridgehead atoms. The molecule has 0 spiro atoms. The molecule has 0 aliphatic rings. The highest BCUT2D eigenvalue weighted by molar-refractivity contribution is 5.83. The van der Waals surface area contributed by atoms with Crippen LogP contribution in [0.15, 0.2) is 48.8 Å². The van der Waals surface area contributed by atoms with E-state index in [-0.39, 0.29) is 12.4 Å². The number of alkyl halides is 2. The number of hydrogen-bond acceptors (Lipinski definition) is 4. The van der Waals surface area contributed by atoms with Crippen molar-refractivity contribution < 1.29 is 18.0 Å². The molecule has 1 unspecified atom stereocenters. The molecule has 6 nitrogen and oxygen atoms in total. The molecule has 0 aliphatic heterocycles. The Bertz CT molecular complexity index is 1070. The minimum Gasteiger partial charge on any atom is -0.347 e. The molecule has 31 heavy (non-hydrogen) atoms. The summed E-state index contributed by atoms with van der Waals surface area (Å²) in [5.74, 6) is -5.11. The van der Waals surface area contributed by atoms with Gasteiger partial charge in [0, 0.05) is 24.5 Å². The van der Waals surface area contributed by atoms with Crippen LogP contribution in [0.25, 0.3) is 10.9 Å². The molecule has 0 saturated carbocycles. The number of carbonyl (C=O) groups excluding carboxylic acids is 1. The highest BCUT2D eigenvalue weighted by Gasteiger charge is 2.32. The summed E-state index contributed by atoms with van der Waals surface area (Å²) in [6.45, 7) is 6.07. The van der Waals surface area contributed by atoms with Crippen molar-refractivity contribution in [1.29, 1.82) is 5.26 Å². The number of amides is 1. The summed E-state index contributed by atoms with van der Waals surface area (Å²) in [5, 5.41) is 15.6. The first-order valence-electron chi connectivity index (χ1n) is 9.56. The molecule has 2 aromatic heterocycles. The first-order chi connectivity index (χ1) is 14.4. The van der Waals surface area contributed by atoms with Crippen molar-refractivity contribution >= 4 is 16.8 Å². The summed E-state index contributed by atoms with van der Waals surface area (Å²) < 4.78 is 40.1. The maximum absolute atomic E-state index is 13.0. The Balaban J connectivity index is 0.000000262. The fraction of sp³-hybridized carbons (Fsp3) is 0.364. The van der Waals surface area contributed by atoms with Crippen LogP contribution in [-0.4, -0.2) is 32.6 Å². The lowest BCUT2D eigenvalue weighted by Crippen LogP contribution is -2.44. The molecule has 1 atom stereocenters. The first kappa shape index (κ1) is 23.9. The summed E-state index contributed by atoms with van der Waals surface area (Å²) in [7, 11) is 0. The van der Waals surface area contributed by atoms with Gasteiger partial charge in [-0.05, 0) is 51.1 Å². The molecule has 1 N–H and O–H groups in total. The molecule has 0 saturated heterocycles. The minimum absolute atomic E-state index is 0.219. The second kappa shape index (κ2) is 9.60. The molecule has 164 valence electrons. The van der Waals surface area contributed by atoms with E-state index in [2.05, 4.69) is 21.5 Å². The largest absolute Gasteiger partial charge is 0.347 e. The molecule has 3 rings (SSSR count). The Morgan fingerprint density at radius 1 is 1.26 bits per heavy atom. The van der Waals surface area contributed by atoms with Gasteiger partial charge in [0.2, 0.25) is 0 Å². The second-order valence-corrected chi connectivity index (χ2v) is 7.74. The molecular formula is C22H24F3N5O. The highest BCUT2D eigenvalue weighted by atomic mass is 19.3. The Hall–Kier alpha value is -3.41. The number of carbonyl (C=O) groups is 1. The van der Waals surface area contributed by atoms with Crippen molar-refractivity contribution in [2.45, 2.75) is 51.6 Å². The quantitative estimate of drug-likeness (QED) is 0.656. The van der Waals surface area contributed by atoms with Crippen LogP contribution in [0.3, 0.4) is 0 Å². The van der Waals surface area contributed by atoms with Crippen LogP contribution in [-0.2, 0) is 16.8 Å². The number of nitrogens with one attached hydrogen (secondary N) is 1. The number of hydrogen-bond donors (Lipinski definition) is 1. The average molecular weight is 431 g/mol. The zero-order chi connectivity index (χ0) is 23.2. The molecule has 0 fully saturated rings. The first-order valence-corrected chi connectivity index (χ1v) is 9.56. The van der Waals surface area contributed by atoms with Crippen molar-refractivity contribution in [3.63, 3.8) is 0 Å². The van der Waals surface area contributed by atoms with E-state index in [4.69, 9.17) is 5.26 Å². The van der Waals surface area contributed by atoms with Crippen LogP contribution in [0.1, 0.15) is 33.4 Å². The van der Waals surface area contributed by atoms with E-state index in [9.17, 15) is 18.0 Å². The van der Waals surface area contributed by atoms with Gasteiger partial charge in [-0.15, -0.1) is 0 Å². The predicted molar refractivity (Wildman–Crippen MR) is 111 cm³/mol. The summed E-state index contributed by atoms with van der Waals surface area (Å²) in [5.41, 5.74) is 1.03. The van der Waals surface area contributed by atoms with Gasteiger partial charge in [0.1, 0.15) is 5.82 Å². The highest BCUT2D eigenvalue weighted by Crippen LogP contribution is 2.18. The van der Waals surface area contributed by atoms with E-state index in [0.717, 1.165) is 5.69 Å². The number of benzene rings is 1. The number of nitrogens with zero attached hydrogens (tertiary/aromatic N) is 4. The summed E-state index contributed by atoms with van der Waals surface area (Å²) in [6, 6.07) is 11.5. The molecular weight excluding hydrogens is 407 g/mol. The van der Waals surface area contributed by atoms with Crippen LogP contribution in [0.5, 0.6) is 0 Å². The van der Waals surface area contributed by atoms with E-state index in [1.54, 1.807) is 19.2 Å². The lowest BCUT2D eigenvalue weighted by molar-refractivity contribution is -0.143. The van der Waals surface area contributed by atoms with Gasteiger partial charge in [0.05, 0.1) is 35.4 Å². The fourth-order valence-corrected chi connectivity index (χ4v) is 2.65.